The Bertz CT molecular complexity index is 741. The van der Waals surface area contributed by atoms with Crippen LogP contribution < -0.4 is 10.9 Å². The van der Waals surface area contributed by atoms with E-state index in [4.69, 9.17) is 0 Å². The highest BCUT2D eigenvalue weighted by atomic mass is 16.2. The van der Waals surface area contributed by atoms with E-state index in [1.165, 1.54) is 6.07 Å². The highest BCUT2D eigenvalue weighted by molar-refractivity contribution is 5.92. The average molecular weight is 298 g/mol. The molecule has 0 radical (unpaired) electrons. The number of amides is 1. The molecule has 0 saturated carbocycles. The number of hydrogen-bond acceptors (Lipinski definition) is 4. The van der Waals surface area contributed by atoms with Crippen LogP contribution in [0.25, 0.3) is 0 Å². The fraction of sp³-hybridized carbons (Fsp3) is 0.312. The molecule has 1 unspecified atom stereocenters. The van der Waals surface area contributed by atoms with E-state index in [1.54, 1.807) is 18.3 Å². The van der Waals surface area contributed by atoms with Gasteiger partial charge in [-0.05, 0) is 36.6 Å². The first kappa shape index (κ1) is 14.3. The summed E-state index contributed by atoms with van der Waals surface area (Å²) >= 11 is 0. The van der Waals surface area contributed by atoms with Gasteiger partial charge in [0, 0.05) is 25.9 Å². The summed E-state index contributed by atoms with van der Waals surface area (Å²) in [6.45, 7) is 0.692. The number of carbonyl (C=O) groups excluding carboxylic acids is 1. The number of carbonyl (C=O) groups is 1. The van der Waals surface area contributed by atoms with Gasteiger partial charge in [-0.25, -0.2) is 4.98 Å². The Morgan fingerprint density at radius 2 is 2.27 bits per heavy atom. The van der Waals surface area contributed by atoms with Crippen molar-refractivity contribution in [3.05, 3.63) is 58.1 Å². The van der Waals surface area contributed by atoms with Gasteiger partial charge in [-0.15, -0.1) is 0 Å². The monoisotopic (exact) mass is 298 g/mol. The minimum absolute atomic E-state index is 0.0197. The van der Waals surface area contributed by atoms with E-state index in [9.17, 15) is 9.59 Å². The van der Waals surface area contributed by atoms with Crippen molar-refractivity contribution in [2.75, 3.05) is 18.9 Å². The second kappa shape index (κ2) is 6.01. The molecule has 3 rings (SSSR count). The van der Waals surface area contributed by atoms with Gasteiger partial charge in [-0.1, -0.05) is 6.07 Å². The second-order valence-corrected chi connectivity index (χ2v) is 5.31. The van der Waals surface area contributed by atoms with Crippen molar-refractivity contribution < 1.29 is 4.79 Å². The topological polar surface area (TPSA) is 78.1 Å². The molecule has 1 aliphatic heterocycles. The quantitative estimate of drug-likeness (QED) is 0.905. The maximum Gasteiger partial charge on any atom is 0.270 e. The molecule has 22 heavy (non-hydrogen) atoms. The fourth-order valence-corrected chi connectivity index (χ4v) is 2.87. The molecule has 6 heteroatoms. The molecule has 2 aromatic heterocycles. The molecular weight excluding hydrogens is 280 g/mol. The molecule has 6 nitrogen and oxygen atoms in total. The van der Waals surface area contributed by atoms with E-state index in [1.807, 2.05) is 24.1 Å². The zero-order chi connectivity index (χ0) is 15.5. The Morgan fingerprint density at radius 3 is 3.05 bits per heavy atom. The molecule has 1 saturated heterocycles. The average Bonchev–Trinajstić information content (AvgIpc) is 3.04. The second-order valence-electron chi connectivity index (χ2n) is 5.31. The van der Waals surface area contributed by atoms with Gasteiger partial charge in [0.1, 0.15) is 11.5 Å². The van der Waals surface area contributed by atoms with Crippen LogP contribution in [0.2, 0.25) is 0 Å². The van der Waals surface area contributed by atoms with Crippen LogP contribution in [0.3, 0.4) is 0 Å². The van der Waals surface area contributed by atoms with Crippen molar-refractivity contribution >= 4 is 11.7 Å². The van der Waals surface area contributed by atoms with Gasteiger partial charge < -0.3 is 15.2 Å². The van der Waals surface area contributed by atoms with Gasteiger partial charge in [0.15, 0.2) is 0 Å². The molecule has 1 amide bonds. The summed E-state index contributed by atoms with van der Waals surface area (Å²) in [6, 6.07) is 8.56. The Balaban J connectivity index is 1.89. The third-order valence-corrected chi connectivity index (χ3v) is 3.94. The highest BCUT2D eigenvalue weighted by Crippen LogP contribution is 2.33. The number of likely N-dealkylation sites (tertiary alicyclic amines) is 1. The summed E-state index contributed by atoms with van der Waals surface area (Å²) in [6.07, 6.45) is 3.60. The SMILES string of the molecule is CNc1cc(C2CCCN2C(=O)c2cccc(=O)[nH]2)ccn1. The molecule has 114 valence electrons. The standard InChI is InChI=1S/C16H18N4O2/c1-17-14-10-11(7-8-18-14)13-5-3-9-20(13)16(22)12-4-2-6-15(21)19-12/h2,4,6-8,10,13H,3,5,9H2,1H3,(H,17,18)(H,19,21). The summed E-state index contributed by atoms with van der Waals surface area (Å²) < 4.78 is 0. The van der Waals surface area contributed by atoms with Crippen LogP contribution in [0.4, 0.5) is 5.82 Å². The van der Waals surface area contributed by atoms with Crippen molar-refractivity contribution in [2.45, 2.75) is 18.9 Å². The number of aromatic amines is 1. The number of anilines is 1. The van der Waals surface area contributed by atoms with Gasteiger partial charge in [0.05, 0.1) is 6.04 Å². The Hall–Kier alpha value is -2.63. The zero-order valence-corrected chi connectivity index (χ0v) is 12.4. The molecule has 0 spiro atoms. The van der Waals surface area contributed by atoms with E-state index >= 15 is 0 Å². The summed E-state index contributed by atoms with van der Waals surface area (Å²) in [5.74, 6) is 0.646. The van der Waals surface area contributed by atoms with Crippen LogP contribution in [-0.4, -0.2) is 34.4 Å². The Kier molecular flexibility index (Phi) is 3.91. The lowest BCUT2D eigenvalue weighted by molar-refractivity contribution is 0.0729. The lowest BCUT2D eigenvalue weighted by atomic mass is 10.1. The van der Waals surface area contributed by atoms with Crippen LogP contribution >= 0.6 is 0 Å². The normalized spacial score (nSPS) is 17.5. The molecule has 0 aromatic carbocycles. The van der Waals surface area contributed by atoms with E-state index in [-0.39, 0.29) is 17.5 Å². The van der Waals surface area contributed by atoms with Gasteiger partial charge in [0.2, 0.25) is 5.56 Å². The number of pyridine rings is 2. The molecule has 2 aromatic rings. The largest absolute Gasteiger partial charge is 0.373 e. The molecule has 1 fully saturated rings. The zero-order valence-electron chi connectivity index (χ0n) is 12.4. The van der Waals surface area contributed by atoms with E-state index < -0.39 is 0 Å². The van der Waals surface area contributed by atoms with Crippen LogP contribution in [0.1, 0.15) is 34.9 Å². The first-order chi connectivity index (χ1) is 10.7. The minimum atomic E-state index is -0.261. The number of hydrogen-bond donors (Lipinski definition) is 2. The van der Waals surface area contributed by atoms with Crippen molar-refractivity contribution in [1.29, 1.82) is 0 Å². The molecule has 1 atom stereocenters. The lowest BCUT2D eigenvalue weighted by Gasteiger charge is -2.25. The van der Waals surface area contributed by atoms with Gasteiger partial charge >= 0.3 is 0 Å². The predicted octanol–water partition coefficient (Wildman–Crippen LogP) is 1.79. The maximum atomic E-state index is 12.7. The number of nitrogens with zero attached hydrogens (tertiary/aromatic N) is 2. The van der Waals surface area contributed by atoms with Crippen molar-refractivity contribution in [1.82, 2.24) is 14.9 Å². The van der Waals surface area contributed by atoms with Gasteiger partial charge in [-0.2, -0.15) is 0 Å². The number of aromatic nitrogens is 2. The smallest absolute Gasteiger partial charge is 0.270 e. The molecule has 2 N–H and O–H groups in total. The third kappa shape index (κ3) is 2.72. The number of nitrogens with one attached hydrogen (secondary N) is 2. The molecule has 3 heterocycles. The summed E-state index contributed by atoms with van der Waals surface area (Å²) in [5, 5.41) is 3.01. The van der Waals surface area contributed by atoms with Crippen LogP contribution in [-0.2, 0) is 0 Å². The Morgan fingerprint density at radius 1 is 1.41 bits per heavy atom. The lowest BCUT2D eigenvalue weighted by Crippen LogP contribution is -2.32. The van der Waals surface area contributed by atoms with Crippen molar-refractivity contribution in [3.63, 3.8) is 0 Å². The molecule has 0 aliphatic carbocycles. The first-order valence-corrected chi connectivity index (χ1v) is 7.33. The van der Waals surface area contributed by atoms with Crippen LogP contribution in [0.5, 0.6) is 0 Å². The van der Waals surface area contributed by atoms with Crippen LogP contribution in [0.15, 0.2) is 41.3 Å². The van der Waals surface area contributed by atoms with E-state index in [2.05, 4.69) is 15.3 Å². The number of rotatable bonds is 3. The highest BCUT2D eigenvalue weighted by Gasteiger charge is 2.31. The number of H-pyrrole nitrogens is 1. The molecular formula is C16H18N4O2. The predicted molar refractivity (Wildman–Crippen MR) is 83.9 cm³/mol. The van der Waals surface area contributed by atoms with E-state index in [0.29, 0.717) is 12.2 Å². The van der Waals surface area contributed by atoms with Gasteiger partial charge in [-0.3, -0.25) is 9.59 Å². The summed E-state index contributed by atoms with van der Waals surface area (Å²) in [5.41, 5.74) is 1.13. The molecule has 1 aliphatic rings. The summed E-state index contributed by atoms with van der Waals surface area (Å²) in [7, 11) is 1.82. The van der Waals surface area contributed by atoms with Crippen LogP contribution in [0, 0.1) is 0 Å². The fourth-order valence-electron chi connectivity index (χ4n) is 2.87. The molecule has 0 bridgehead atoms. The van der Waals surface area contributed by atoms with Gasteiger partial charge in [0.25, 0.3) is 5.91 Å². The van der Waals surface area contributed by atoms with Crippen molar-refractivity contribution in [3.8, 4) is 0 Å². The first-order valence-electron chi connectivity index (χ1n) is 7.33. The Labute approximate surface area is 128 Å². The van der Waals surface area contributed by atoms with Crippen molar-refractivity contribution in [2.24, 2.45) is 0 Å². The summed E-state index contributed by atoms with van der Waals surface area (Å²) in [4.78, 5) is 32.7. The maximum absolute atomic E-state index is 12.7. The minimum Gasteiger partial charge on any atom is -0.373 e. The third-order valence-electron chi connectivity index (χ3n) is 3.94. The van der Waals surface area contributed by atoms with E-state index in [0.717, 1.165) is 24.2 Å².